The predicted molar refractivity (Wildman–Crippen MR) is 151 cm³/mol. The molecule has 0 aliphatic heterocycles. The van der Waals surface area contributed by atoms with Crippen molar-refractivity contribution in [2.45, 2.75) is 17.3 Å². The molecular weight excluding hydrogens is 534 g/mol. The lowest BCUT2D eigenvalue weighted by Crippen LogP contribution is -2.57. The molecule has 3 aromatic rings. The van der Waals surface area contributed by atoms with Gasteiger partial charge in [-0.1, -0.05) is 82.7 Å². The molecule has 0 heterocycles. The van der Waals surface area contributed by atoms with Crippen LogP contribution in [0.5, 0.6) is 0 Å². The summed E-state index contributed by atoms with van der Waals surface area (Å²) in [5.41, 5.74) is 2.81. The number of hydrogen-bond acceptors (Lipinski definition) is 5. The molecule has 0 aliphatic carbocycles. The third kappa shape index (κ3) is 9.97. The first-order valence-electron chi connectivity index (χ1n) is 12.1. The summed E-state index contributed by atoms with van der Waals surface area (Å²) >= 11 is 3.39. The van der Waals surface area contributed by atoms with E-state index in [1.54, 1.807) is 0 Å². The van der Waals surface area contributed by atoms with Crippen LogP contribution >= 0.6 is 15.9 Å². The maximum Gasteiger partial charge on any atom is 0.252 e. The highest BCUT2D eigenvalue weighted by Gasteiger charge is 2.30. The van der Waals surface area contributed by atoms with Crippen molar-refractivity contribution in [2.75, 3.05) is 36.8 Å². The zero-order valence-electron chi connectivity index (χ0n) is 20.5. The monoisotopic (exact) mass is 565 g/mol. The lowest BCUT2D eigenvalue weighted by molar-refractivity contribution is -0.136. The number of benzene rings is 3. The fourth-order valence-corrected chi connectivity index (χ4v) is 4.00. The molecule has 0 saturated carbocycles. The van der Waals surface area contributed by atoms with Crippen LogP contribution in [0.25, 0.3) is 0 Å². The van der Waals surface area contributed by atoms with E-state index in [0.29, 0.717) is 19.5 Å². The molecule has 0 spiro atoms. The molecule has 3 rings (SSSR count). The van der Waals surface area contributed by atoms with Gasteiger partial charge in [0.1, 0.15) is 0 Å². The number of rotatable bonds is 14. The number of halogens is 1. The number of nitrogens with one attached hydrogen (secondary N) is 5. The van der Waals surface area contributed by atoms with E-state index in [0.717, 1.165) is 16.9 Å². The first-order valence-corrected chi connectivity index (χ1v) is 13.1. The highest BCUT2D eigenvalue weighted by molar-refractivity contribution is 9.10. The standard InChI is InChI=1S/C28H32BrN5O3/c29-24(20-21-10-4-1-5-11-21)26(35)34-25(27(36)32-18-16-30-22-12-6-2-7-13-22)28(37)33-19-17-31-23-14-8-3-9-15-23/h1-15,24-25,30-31H,16-20H2,(H,32,36)(H,33,37)(H,34,35). The molecule has 37 heavy (non-hydrogen) atoms. The molecule has 0 aromatic heterocycles. The van der Waals surface area contributed by atoms with E-state index in [4.69, 9.17) is 0 Å². The lowest BCUT2D eigenvalue weighted by atomic mass is 10.1. The topological polar surface area (TPSA) is 111 Å². The van der Waals surface area contributed by atoms with Gasteiger partial charge in [-0.2, -0.15) is 0 Å². The van der Waals surface area contributed by atoms with E-state index >= 15 is 0 Å². The molecule has 0 bridgehead atoms. The van der Waals surface area contributed by atoms with Crippen molar-refractivity contribution in [2.24, 2.45) is 0 Å². The first-order chi connectivity index (χ1) is 18.0. The summed E-state index contributed by atoms with van der Waals surface area (Å²) in [6.07, 6.45) is 0.421. The van der Waals surface area contributed by atoms with E-state index in [1.165, 1.54) is 0 Å². The number of hydrogen-bond donors (Lipinski definition) is 5. The second-order valence-electron chi connectivity index (χ2n) is 8.27. The van der Waals surface area contributed by atoms with Crippen molar-refractivity contribution in [3.8, 4) is 0 Å². The fraction of sp³-hybridized carbons (Fsp3) is 0.250. The Morgan fingerprint density at radius 1 is 0.595 bits per heavy atom. The van der Waals surface area contributed by atoms with E-state index < -0.39 is 28.6 Å². The second-order valence-corrected chi connectivity index (χ2v) is 9.37. The van der Waals surface area contributed by atoms with Crippen LogP contribution in [0, 0.1) is 0 Å². The van der Waals surface area contributed by atoms with Gasteiger partial charge in [-0.3, -0.25) is 14.4 Å². The first kappa shape index (κ1) is 27.7. The van der Waals surface area contributed by atoms with Gasteiger partial charge in [-0.25, -0.2) is 0 Å². The Bertz CT molecular complexity index is 1060. The summed E-state index contributed by atoms with van der Waals surface area (Å²) in [5.74, 6) is -1.59. The van der Waals surface area contributed by atoms with Crippen molar-refractivity contribution in [1.82, 2.24) is 16.0 Å². The zero-order valence-corrected chi connectivity index (χ0v) is 22.0. The molecule has 0 fully saturated rings. The number of carbonyl (C=O) groups excluding carboxylic acids is 3. The number of anilines is 2. The molecule has 5 N–H and O–H groups in total. The summed E-state index contributed by atoms with van der Waals surface area (Å²) in [7, 11) is 0. The summed E-state index contributed by atoms with van der Waals surface area (Å²) in [5, 5.41) is 14.5. The van der Waals surface area contributed by atoms with Crippen LogP contribution in [-0.2, 0) is 20.8 Å². The maximum atomic E-state index is 12.9. The van der Waals surface area contributed by atoms with Crippen LogP contribution < -0.4 is 26.6 Å². The Morgan fingerprint density at radius 3 is 1.49 bits per heavy atom. The largest absolute Gasteiger partial charge is 0.383 e. The number of alkyl halides is 1. The van der Waals surface area contributed by atoms with Gasteiger partial charge in [-0.15, -0.1) is 0 Å². The van der Waals surface area contributed by atoms with Gasteiger partial charge in [0.2, 0.25) is 5.91 Å². The van der Waals surface area contributed by atoms with Crippen LogP contribution in [0.3, 0.4) is 0 Å². The minimum Gasteiger partial charge on any atom is -0.383 e. The Balaban J connectivity index is 1.53. The van der Waals surface area contributed by atoms with Crippen molar-refractivity contribution < 1.29 is 14.4 Å². The van der Waals surface area contributed by atoms with Gasteiger partial charge in [0.05, 0.1) is 4.83 Å². The quantitative estimate of drug-likeness (QED) is 0.117. The molecule has 0 aliphatic rings. The Morgan fingerprint density at radius 2 is 1.03 bits per heavy atom. The highest BCUT2D eigenvalue weighted by Crippen LogP contribution is 2.10. The molecule has 8 nitrogen and oxygen atoms in total. The molecule has 194 valence electrons. The van der Waals surface area contributed by atoms with Crippen molar-refractivity contribution >= 4 is 45.0 Å². The van der Waals surface area contributed by atoms with E-state index in [1.807, 2.05) is 91.0 Å². The number of carbonyl (C=O) groups is 3. The lowest BCUT2D eigenvalue weighted by Gasteiger charge is -2.20. The molecule has 3 amide bonds. The molecule has 3 aromatic carbocycles. The van der Waals surface area contributed by atoms with E-state index in [2.05, 4.69) is 42.5 Å². The van der Waals surface area contributed by atoms with E-state index in [9.17, 15) is 14.4 Å². The summed E-state index contributed by atoms with van der Waals surface area (Å²) < 4.78 is 0. The van der Waals surface area contributed by atoms with Crippen LogP contribution in [0.4, 0.5) is 11.4 Å². The smallest absolute Gasteiger partial charge is 0.252 e. The summed E-state index contributed by atoms with van der Waals surface area (Å²) in [6, 6.07) is 27.3. The van der Waals surface area contributed by atoms with Gasteiger partial charge in [0.25, 0.3) is 11.8 Å². The SMILES string of the molecule is O=C(NC(C(=O)NCCNc1ccccc1)C(=O)NCCNc1ccccc1)C(Br)Cc1ccccc1. The van der Waals surface area contributed by atoms with Gasteiger partial charge in [-0.05, 0) is 36.2 Å². The summed E-state index contributed by atoms with van der Waals surface area (Å²) in [4.78, 5) is 38.1. The third-order valence-corrected chi connectivity index (χ3v) is 6.15. The Kier molecular flexibility index (Phi) is 11.5. The molecule has 9 heteroatoms. The zero-order chi connectivity index (χ0) is 26.3. The summed E-state index contributed by atoms with van der Waals surface area (Å²) in [6.45, 7) is 1.50. The van der Waals surface area contributed by atoms with Gasteiger partial charge in [0, 0.05) is 37.6 Å². The number of amides is 3. The highest BCUT2D eigenvalue weighted by atomic mass is 79.9. The third-order valence-electron chi connectivity index (χ3n) is 5.41. The predicted octanol–water partition coefficient (Wildman–Crippen LogP) is 2.93. The van der Waals surface area contributed by atoms with Gasteiger partial charge >= 0.3 is 0 Å². The van der Waals surface area contributed by atoms with E-state index in [-0.39, 0.29) is 13.1 Å². The van der Waals surface area contributed by atoms with Gasteiger partial charge in [0.15, 0.2) is 6.04 Å². The van der Waals surface area contributed by atoms with Crippen molar-refractivity contribution in [1.29, 1.82) is 0 Å². The average Bonchev–Trinajstić information content (AvgIpc) is 2.93. The van der Waals surface area contributed by atoms with Crippen molar-refractivity contribution in [3.63, 3.8) is 0 Å². The molecule has 0 radical (unpaired) electrons. The van der Waals surface area contributed by atoms with Crippen LogP contribution in [0.2, 0.25) is 0 Å². The fourth-order valence-electron chi connectivity index (χ4n) is 3.50. The van der Waals surface area contributed by atoms with Gasteiger partial charge < -0.3 is 26.6 Å². The molecule has 1 unspecified atom stereocenters. The Hall–Kier alpha value is -3.85. The minimum atomic E-state index is -1.36. The molecule has 1 atom stereocenters. The molecule has 0 saturated heterocycles. The Labute approximate surface area is 225 Å². The average molecular weight is 567 g/mol. The van der Waals surface area contributed by atoms with Crippen LogP contribution in [0.15, 0.2) is 91.0 Å². The van der Waals surface area contributed by atoms with Crippen LogP contribution in [-0.4, -0.2) is 54.8 Å². The molecular formula is C28H32BrN5O3. The second kappa shape index (κ2) is 15.3. The van der Waals surface area contributed by atoms with Crippen molar-refractivity contribution in [3.05, 3.63) is 96.6 Å². The number of para-hydroxylation sites is 2. The maximum absolute atomic E-state index is 12.9. The van der Waals surface area contributed by atoms with Crippen LogP contribution in [0.1, 0.15) is 5.56 Å². The normalized spacial score (nSPS) is 11.3. The minimum absolute atomic E-state index is 0.282.